The van der Waals surface area contributed by atoms with Gasteiger partial charge in [-0.2, -0.15) is 0 Å². The number of hydrogen-bond donors (Lipinski definition) is 1. The first-order valence-corrected chi connectivity index (χ1v) is 11.3. The molecule has 0 spiro atoms. The van der Waals surface area contributed by atoms with Gasteiger partial charge >= 0.3 is 0 Å². The number of benzene rings is 3. The molecule has 0 saturated heterocycles. The zero-order chi connectivity index (χ0) is 24.9. The molecule has 1 amide bonds. The predicted octanol–water partition coefficient (Wildman–Crippen LogP) is 5.05. The van der Waals surface area contributed by atoms with E-state index in [9.17, 15) is 9.59 Å². The van der Waals surface area contributed by atoms with Gasteiger partial charge in [0.25, 0.3) is 11.5 Å². The van der Waals surface area contributed by atoms with Gasteiger partial charge < -0.3 is 24.1 Å². The first-order chi connectivity index (χ1) is 16.9. The number of carbonyl (C=O) groups excluding carboxylic acids is 1. The minimum atomic E-state index is -0.260. The fraction of sp³-hybridized carbons (Fsp3) is 0.185. The van der Waals surface area contributed by atoms with Crippen molar-refractivity contribution in [2.45, 2.75) is 13.1 Å². The van der Waals surface area contributed by atoms with E-state index in [1.807, 2.05) is 18.2 Å². The number of halogens is 1. The Morgan fingerprint density at radius 3 is 2.29 bits per heavy atom. The fourth-order valence-corrected chi connectivity index (χ4v) is 3.97. The minimum absolute atomic E-state index is 0.0955. The zero-order valence-electron chi connectivity index (χ0n) is 19.6. The largest absolute Gasteiger partial charge is 0.497 e. The topological polar surface area (TPSA) is 80.9 Å². The maximum absolute atomic E-state index is 13.6. The van der Waals surface area contributed by atoms with Crippen molar-refractivity contribution in [3.8, 4) is 17.2 Å². The summed E-state index contributed by atoms with van der Waals surface area (Å²) in [6, 6.07) is 19.4. The molecule has 0 aliphatic heterocycles. The number of H-pyrrole nitrogens is 1. The van der Waals surface area contributed by atoms with Gasteiger partial charge in [0.05, 0.1) is 27.9 Å². The third-order valence-electron chi connectivity index (χ3n) is 5.69. The Labute approximate surface area is 207 Å². The van der Waals surface area contributed by atoms with Crippen LogP contribution in [0.15, 0.2) is 71.5 Å². The number of aromatic amines is 1. The summed E-state index contributed by atoms with van der Waals surface area (Å²) in [5, 5.41) is 1.41. The number of nitrogens with zero attached hydrogens (tertiary/aromatic N) is 1. The maximum atomic E-state index is 13.6. The molecule has 1 N–H and O–H groups in total. The first kappa shape index (κ1) is 24.2. The van der Waals surface area contributed by atoms with E-state index < -0.39 is 0 Å². The third-order valence-corrected chi connectivity index (χ3v) is 5.95. The van der Waals surface area contributed by atoms with Gasteiger partial charge in [0.15, 0.2) is 11.5 Å². The molecule has 4 rings (SSSR count). The van der Waals surface area contributed by atoms with Gasteiger partial charge in [0.2, 0.25) is 0 Å². The molecule has 0 fully saturated rings. The summed E-state index contributed by atoms with van der Waals surface area (Å²) in [5.74, 6) is 1.38. The van der Waals surface area contributed by atoms with Crippen molar-refractivity contribution >= 4 is 28.4 Å². The van der Waals surface area contributed by atoms with Crippen molar-refractivity contribution in [3.63, 3.8) is 0 Å². The average molecular weight is 493 g/mol. The van der Waals surface area contributed by atoms with Gasteiger partial charge in [-0.05, 0) is 60.2 Å². The van der Waals surface area contributed by atoms with Gasteiger partial charge in [-0.25, -0.2) is 0 Å². The Morgan fingerprint density at radius 1 is 0.857 bits per heavy atom. The number of hydrogen-bond acceptors (Lipinski definition) is 5. The quantitative estimate of drug-likeness (QED) is 0.372. The lowest BCUT2D eigenvalue weighted by Gasteiger charge is -2.23. The van der Waals surface area contributed by atoms with Crippen LogP contribution in [0, 0.1) is 0 Å². The van der Waals surface area contributed by atoms with Crippen molar-refractivity contribution in [2.75, 3.05) is 21.3 Å². The van der Waals surface area contributed by atoms with Crippen LogP contribution in [0.25, 0.3) is 10.9 Å². The average Bonchev–Trinajstić information content (AvgIpc) is 2.88. The van der Waals surface area contributed by atoms with Crippen molar-refractivity contribution in [3.05, 3.63) is 98.8 Å². The van der Waals surface area contributed by atoms with E-state index in [4.69, 9.17) is 25.8 Å². The number of pyridine rings is 1. The molecule has 0 radical (unpaired) electrons. The van der Waals surface area contributed by atoms with Crippen LogP contribution >= 0.6 is 11.6 Å². The van der Waals surface area contributed by atoms with Crippen LogP contribution in [-0.4, -0.2) is 37.1 Å². The molecule has 0 saturated carbocycles. The van der Waals surface area contributed by atoms with Gasteiger partial charge in [0.1, 0.15) is 5.75 Å². The van der Waals surface area contributed by atoms with Crippen LogP contribution < -0.4 is 19.8 Å². The highest BCUT2D eigenvalue weighted by Gasteiger charge is 2.20. The number of amides is 1. The van der Waals surface area contributed by atoms with E-state index >= 15 is 0 Å². The van der Waals surface area contributed by atoms with Crippen LogP contribution in [0.5, 0.6) is 17.2 Å². The third kappa shape index (κ3) is 5.41. The molecule has 0 bridgehead atoms. The Balaban J connectivity index is 1.73. The van der Waals surface area contributed by atoms with Crippen molar-refractivity contribution in [1.82, 2.24) is 9.88 Å². The molecule has 4 aromatic rings. The molecule has 180 valence electrons. The van der Waals surface area contributed by atoms with Gasteiger partial charge in [-0.3, -0.25) is 9.59 Å². The smallest absolute Gasteiger partial charge is 0.254 e. The van der Waals surface area contributed by atoms with Crippen LogP contribution in [0.3, 0.4) is 0 Å². The highest BCUT2D eigenvalue weighted by Crippen LogP contribution is 2.29. The lowest BCUT2D eigenvalue weighted by Crippen LogP contribution is -2.32. The van der Waals surface area contributed by atoms with Gasteiger partial charge in [-0.1, -0.05) is 23.7 Å². The molecule has 0 aliphatic rings. The normalized spacial score (nSPS) is 10.7. The maximum Gasteiger partial charge on any atom is 0.254 e. The van der Waals surface area contributed by atoms with E-state index in [1.165, 1.54) is 14.2 Å². The number of carbonyl (C=O) groups is 1. The molecule has 1 aromatic heterocycles. The predicted molar refractivity (Wildman–Crippen MR) is 136 cm³/mol. The van der Waals surface area contributed by atoms with E-state index in [2.05, 4.69) is 4.98 Å². The minimum Gasteiger partial charge on any atom is -0.497 e. The van der Waals surface area contributed by atoms with Crippen molar-refractivity contribution < 1.29 is 19.0 Å². The Morgan fingerprint density at radius 2 is 1.60 bits per heavy atom. The lowest BCUT2D eigenvalue weighted by molar-refractivity contribution is 0.0729. The summed E-state index contributed by atoms with van der Waals surface area (Å²) in [5.41, 5.74) is 2.17. The van der Waals surface area contributed by atoms with Crippen molar-refractivity contribution in [2.24, 2.45) is 0 Å². The highest BCUT2D eigenvalue weighted by atomic mass is 35.5. The zero-order valence-corrected chi connectivity index (χ0v) is 20.4. The van der Waals surface area contributed by atoms with E-state index in [1.54, 1.807) is 60.5 Å². The van der Waals surface area contributed by atoms with E-state index in [-0.39, 0.29) is 24.6 Å². The number of nitrogens with one attached hydrogen (secondary N) is 1. The Bertz CT molecular complexity index is 1420. The molecule has 3 aromatic carbocycles. The molecule has 35 heavy (non-hydrogen) atoms. The first-order valence-electron chi connectivity index (χ1n) is 10.9. The van der Waals surface area contributed by atoms with Crippen LogP contribution in [0.2, 0.25) is 5.02 Å². The van der Waals surface area contributed by atoms with Crippen LogP contribution in [0.4, 0.5) is 0 Å². The monoisotopic (exact) mass is 492 g/mol. The number of ether oxygens (including phenoxy) is 3. The molecular weight excluding hydrogens is 468 g/mol. The molecular formula is C27H25ClN2O5. The Kier molecular flexibility index (Phi) is 7.27. The summed E-state index contributed by atoms with van der Waals surface area (Å²) in [4.78, 5) is 31.0. The standard InChI is InChI=1S/C27H25ClN2O5/c1-33-22-9-10-23-19(13-22)12-20(26(31)29-23)16-30(15-17-4-7-21(28)8-5-17)27(32)18-6-11-24(34-2)25(14-18)35-3/h4-14H,15-16H2,1-3H3,(H,29,31). The number of aromatic nitrogens is 1. The summed E-state index contributed by atoms with van der Waals surface area (Å²) < 4.78 is 16.0. The van der Waals surface area contributed by atoms with E-state index in [0.29, 0.717) is 38.9 Å². The molecule has 0 aliphatic carbocycles. The second-order valence-electron chi connectivity index (χ2n) is 7.93. The summed E-state index contributed by atoms with van der Waals surface area (Å²) in [7, 11) is 4.64. The second kappa shape index (κ2) is 10.5. The summed E-state index contributed by atoms with van der Waals surface area (Å²) in [6.07, 6.45) is 0. The number of methoxy groups -OCH3 is 3. The highest BCUT2D eigenvalue weighted by molar-refractivity contribution is 6.30. The lowest BCUT2D eigenvalue weighted by atomic mass is 10.1. The molecule has 8 heteroatoms. The van der Waals surface area contributed by atoms with Gasteiger partial charge in [0, 0.05) is 33.6 Å². The van der Waals surface area contributed by atoms with Crippen LogP contribution in [-0.2, 0) is 13.1 Å². The molecule has 7 nitrogen and oxygen atoms in total. The summed E-state index contributed by atoms with van der Waals surface area (Å²) in [6.45, 7) is 0.373. The molecule has 1 heterocycles. The second-order valence-corrected chi connectivity index (χ2v) is 8.37. The van der Waals surface area contributed by atoms with E-state index in [0.717, 1.165) is 10.9 Å². The van der Waals surface area contributed by atoms with Crippen molar-refractivity contribution in [1.29, 1.82) is 0 Å². The fourth-order valence-electron chi connectivity index (χ4n) is 3.84. The number of fused-ring (bicyclic) bond motifs is 1. The summed E-state index contributed by atoms with van der Waals surface area (Å²) >= 11 is 6.04. The SMILES string of the molecule is COc1ccc2[nH]c(=O)c(CN(Cc3ccc(Cl)cc3)C(=O)c3ccc(OC)c(OC)c3)cc2c1. The molecule has 0 atom stereocenters. The van der Waals surface area contributed by atoms with Crippen LogP contribution in [0.1, 0.15) is 21.5 Å². The molecule has 0 unspecified atom stereocenters. The Hall–Kier alpha value is -3.97. The van der Waals surface area contributed by atoms with Gasteiger partial charge in [-0.15, -0.1) is 0 Å². The number of rotatable bonds is 8.